The van der Waals surface area contributed by atoms with Crippen molar-refractivity contribution in [2.45, 2.75) is 39.0 Å². The molecule has 3 aromatic rings. The van der Waals surface area contributed by atoms with E-state index < -0.39 is 0 Å². The van der Waals surface area contributed by atoms with Gasteiger partial charge in [0.1, 0.15) is 11.9 Å². The third-order valence-electron chi connectivity index (χ3n) is 7.29. The molecule has 2 heterocycles. The summed E-state index contributed by atoms with van der Waals surface area (Å²) in [7, 11) is 0. The van der Waals surface area contributed by atoms with Crippen molar-refractivity contribution in [1.82, 2.24) is 20.3 Å². The van der Waals surface area contributed by atoms with Crippen LogP contribution in [0.1, 0.15) is 43.1 Å². The van der Waals surface area contributed by atoms with Gasteiger partial charge in [-0.1, -0.05) is 25.1 Å². The Morgan fingerprint density at radius 2 is 2.05 bits per heavy atom. The van der Waals surface area contributed by atoms with Crippen LogP contribution in [-0.2, 0) is 22.4 Å². The number of carbonyl (C=O) groups excluding carboxylic acids is 2. The zero-order chi connectivity index (χ0) is 26.1. The van der Waals surface area contributed by atoms with Crippen molar-refractivity contribution in [3.63, 3.8) is 0 Å². The highest BCUT2D eigenvalue weighted by molar-refractivity contribution is 6.01. The quantitative estimate of drug-likeness (QED) is 0.564. The van der Waals surface area contributed by atoms with E-state index in [9.17, 15) is 14.9 Å². The first-order chi connectivity index (χ1) is 17.9. The number of nitrogens with one attached hydrogen (secondary N) is 1. The van der Waals surface area contributed by atoms with E-state index in [1.165, 1.54) is 13.0 Å². The minimum Gasteiger partial charge on any atom is -0.356 e. The predicted octanol–water partition coefficient (Wildman–Crippen LogP) is 4.34. The Balaban J connectivity index is 1.67. The van der Waals surface area contributed by atoms with Gasteiger partial charge in [0, 0.05) is 60.3 Å². The molecule has 0 saturated heterocycles. The van der Waals surface area contributed by atoms with E-state index in [0.717, 1.165) is 28.9 Å². The highest BCUT2D eigenvalue weighted by atomic mass is 19.1. The fraction of sp³-hybridized carbons (Fsp3) is 0.310. The second-order valence-corrected chi connectivity index (χ2v) is 9.58. The minimum absolute atomic E-state index is 0.0129. The summed E-state index contributed by atoms with van der Waals surface area (Å²) in [5.41, 5.74) is 4.16. The summed E-state index contributed by atoms with van der Waals surface area (Å²) >= 11 is 0. The van der Waals surface area contributed by atoms with Crippen molar-refractivity contribution < 1.29 is 14.0 Å². The van der Waals surface area contributed by atoms with E-state index in [4.69, 9.17) is 9.97 Å². The molecular formula is C29H26FN5O2. The van der Waals surface area contributed by atoms with Gasteiger partial charge in [0.2, 0.25) is 5.91 Å². The first-order valence-corrected chi connectivity index (χ1v) is 12.4. The zero-order valence-corrected chi connectivity index (χ0v) is 20.7. The first-order valence-electron chi connectivity index (χ1n) is 12.4. The molecule has 8 heteroatoms. The maximum Gasteiger partial charge on any atom is 0.216 e. The fourth-order valence-corrected chi connectivity index (χ4v) is 5.40. The molecule has 186 valence electrons. The smallest absolute Gasteiger partial charge is 0.216 e. The van der Waals surface area contributed by atoms with Crippen LogP contribution in [0.25, 0.3) is 22.6 Å². The number of rotatable bonds is 5. The number of amides is 1. The fourth-order valence-electron chi connectivity index (χ4n) is 5.40. The molecule has 0 aliphatic heterocycles. The number of benzene rings is 1. The molecule has 0 fully saturated rings. The maximum absolute atomic E-state index is 15.0. The molecule has 7 nitrogen and oxygen atoms in total. The largest absolute Gasteiger partial charge is 0.356 e. The van der Waals surface area contributed by atoms with E-state index >= 15 is 4.39 Å². The molecule has 37 heavy (non-hydrogen) atoms. The van der Waals surface area contributed by atoms with E-state index in [0.29, 0.717) is 36.5 Å². The Labute approximate surface area is 214 Å². The van der Waals surface area contributed by atoms with Gasteiger partial charge in [-0.2, -0.15) is 5.26 Å². The zero-order valence-electron chi connectivity index (χ0n) is 20.7. The Bertz CT molecular complexity index is 1480. The van der Waals surface area contributed by atoms with Crippen LogP contribution < -0.4 is 5.32 Å². The lowest BCUT2D eigenvalue weighted by Crippen LogP contribution is -2.35. The van der Waals surface area contributed by atoms with Gasteiger partial charge >= 0.3 is 0 Å². The van der Waals surface area contributed by atoms with E-state index in [1.54, 1.807) is 36.5 Å². The Kier molecular flexibility index (Phi) is 6.62. The molecule has 2 aliphatic carbocycles. The number of aromatic nitrogens is 3. The Hall–Kier alpha value is -4.25. The molecule has 1 amide bonds. The van der Waals surface area contributed by atoms with Crippen molar-refractivity contribution in [1.29, 1.82) is 5.26 Å². The highest BCUT2D eigenvalue weighted by Crippen LogP contribution is 2.47. The van der Waals surface area contributed by atoms with Crippen LogP contribution in [0.2, 0.25) is 0 Å². The van der Waals surface area contributed by atoms with E-state index in [-0.39, 0.29) is 40.8 Å². The van der Waals surface area contributed by atoms with Crippen LogP contribution in [0.15, 0.2) is 54.2 Å². The summed E-state index contributed by atoms with van der Waals surface area (Å²) < 4.78 is 15.0. The number of nitriles is 1. The summed E-state index contributed by atoms with van der Waals surface area (Å²) in [6, 6.07) is 12.3. The van der Waals surface area contributed by atoms with Gasteiger partial charge in [0.05, 0.1) is 17.0 Å². The summed E-state index contributed by atoms with van der Waals surface area (Å²) in [6.45, 7) is 3.79. The first kappa shape index (κ1) is 24.4. The van der Waals surface area contributed by atoms with Crippen LogP contribution in [0, 0.1) is 29.0 Å². The number of carbonyl (C=O) groups is 2. The Morgan fingerprint density at radius 1 is 1.24 bits per heavy atom. The van der Waals surface area contributed by atoms with Crippen molar-refractivity contribution in [2.75, 3.05) is 6.54 Å². The summed E-state index contributed by atoms with van der Waals surface area (Å²) in [5, 5.41) is 12.4. The number of ketones is 1. The summed E-state index contributed by atoms with van der Waals surface area (Å²) in [4.78, 5) is 38.1. The van der Waals surface area contributed by atoms with Crippen LogP contribution in [0.5, 0.6) is 0 Å². The van der Waals surface area contributed by atoms with Crippen LogP contribution in [0.4, 0.5) is 4.39 Å². The molecule has 2 aromatic heterocycles. The molecule has 0 spiro atoms. The molecule has 0 radical (unpaired) electrons. The minimum atomic E-state index is -0.373. The molecule has 1 N–H and O–H groups in total. The number of hydrogen-bond acceptors (Lipinski definition) is 6. The standard InChI is InChI=1S/C29H26FN5O2/c1-16-21-7-8-23-26(22-5-3-4-6-25(22)30)34-29(35-27(23)24(21)14-19(15-31)28(16)37)18-9-11-33-20(13-18)10-12-32-17(2)36/h3-6,9,11,13-14,16,21,24H,7-8,10,12H2,1-2H3,(H,32,36). The van der Waals surface area contributed by atoms with E-state index in [1.807, 2.05) is 13.0 Å². The molecular weight excluding hydrogens is 469 g/mol. The number of hydrogen-bond donors (Lipinski definition) is 1. The van der Waals surface area contributed by atoms with Crippen LogP contribution >= 0.6 is 0 Å². The van der Waals surface area contributed by atoms with Gasteiger partial charge < -0.3 is 5.32 Å². The molecule has 0 saturated carbocycles. The maximum atomic E-state index is 15.0. The van der Waals surface area contributed by atoms with Crippen molar-refractivity contribution in [2.24, 2.45) is 11.8 Å². The van der Waals surface area contributed by atoms with E-state index in [2.05, 4.69) is 16.4 Å². The molecule has 3 unspecified atom stereocenters. The van der Waals surface area contributed by atoms with Gasteiger partial charge in [-0.3, -0.25) is 14.6 Å². The summed E-state index contributed by atoms with van der Waals surface area (Å²) in [6.07, 6.45) is 5.29. The lowest BCUT2D eigenvalue weighted by Gasteiger charge is -2.38. The monoisotopic (exact) mass is 495 g/mol. The van der Waals surface area contributed by atoms with Gasteiger partial charge in [-0.05, 0) is 43.0 Å². The second kappa shape index (κ2) is 10.0. The average Bonchev–Trinajstić information content (AvgIpc) is 2.90. The third-order valence-corrected chi connectivity index (χ3v) is 7.29. The lowest BCUT2D eigenvalue weighted by molar-refractivity contribution is -0.121. The SMILES string of the molecule is CC(=O)NCCc1cc(-c2nc(-c3ccccc3F)c3c(n2)C2C=C(C#N)C(=O)C(C)C2CC3)ccn1. The van der Waals surface area contributed by atoms with Gasteiger partial charge in [0.25, 0.3) is 0 Å². The average molecular weight is 496 g/mol. The molecule has 5 rings (SSSR count). The van der Waals surface area contributed by atoms with Crippen molar-refractivity contribution in [3.8, 4) is 28.7 Å². The number of halogens is 1. The molecule has 0 bridgehead atoms. The number of pyridine rings is 1. The van der Waals surface area contributed by atoms with Gasteiger partial charge in [0.15, 0.2) is 11.6 Å². The van der Waals surface area contributed by atoms with Gasteiger partial charge in [-0.15, -0.1) is 0 Å². The third kappa shape index (κ3) is 4.65. The highest BCUT2D eigenvalue weighted by Gasteiger charge is 2.42. The predicted molar refractivity (Wildman–Crippen MR) is 135 cm³/mol. The second-order valence-electron chi connectivity index (χ2n) is 9.58. The lowest BCUT2D eigenvalue weighted by atomic mass is 9.66. The topological polar surface area (TPSA) is 109 Å². The van der Waals surface area contributed by atoms with Gasteiger partial charge in [-0.25, -0.2) is 14.4 Å². The number of fused-ring (bicyclic) bond motifs is 3. The van der Waals surface area contributed by atoms with Crippen molar-refractivity contribution >= 4 is 11.7 Å². The normalized spacial score (nSPS) is 20.3. The number of Topliss-reactive ketones (excluding diaryl/α,β-unsaturated/α-hetero) is 1. The number of nitrogens with zero attached hydrogens (tertiary/aromatic N) is 4. The van der Waals surface area contributed by atoms with Crippen LogP contribution in [-0.4, -0.2) is 33.2 Å². The van der Waals surface area contributed by atoms with Crippen molar-refractivity contribution in [3.05, 3.63) is 77.0 Å². The number of allylic oxidation sites excluding steroid dienone is 2. The van der Waals surface area contributed by atoms with Crippen LogP contribution in [0.3, 0.4) is 0 Å². The summed E-state index contributed by atoms with van der Waals surface area (Å²) in [5.74, 6) is -0.704. The Morgan fingerprint density at radius 3 is 2.81 bits per heavy atom. The molecule has 2 aliphatic rings. The molecule has 1 aromatic carbocycles. The molecule has 3 atom stereocenters.